The molecule has 0 radical (unpaired) electrons. The van der Waals surface area contributed by atoms with Crippen LogP contribution >= 0.6 is 0 Å². The van der Waals surface area contributed by atoms with Crippen molar-refractivity contribution in [2.24, 2.45) is 7.05 Å². The number of pyridine rings is 1. The van der Waals surface area contributed by atoms with E-state index in [1.54, 1.807) is 0 Å². The Morgan fingerprint density at radius 3 is 1.54 bits per heavy atom. The number of benzene rings is 2. The second kappa shape index (κ2) is 7.43. The quantitative estimate of drug-likeness (QED) is 0.245. The van der Waals surface area contributed by atoms with Crippen LogP contribution in [0.4, 0.5) is 0 Å². The first-order valence-corrected chi connectivity index (χ1v) is 12.7. The van der Waals surface area contributed by atoms with Crippen LogP contribution < -0.4 is 4.57 Å². The molecular formula is C31H39N4+. The molecule has 3 heterocycles. The van der Waals surface area contributed by atoms with E-state index in [2.05, 4.69) is 104 Å². The topological polar surface area (TPSA) is 26.1 Å². The molecule has 0 aliphatic carbocycles. The molecule has 0 aliphatic heterocycles. The van der Waals surface area contributed by atoms with Crippen molar-refractivity contribution in [1.82, 2.24) is 14.0 Å². The van der Waals surface area contributed by atoms with Crippen molar-refractivity contribution in [3.05, 3.63) is 66.9 Å². The molecule has 4 heteroatoms. The van der Waals surface area contributed by atoms with Crippen LogP contribution in [0.1, 0.15) is 66.9 Å². The predicted molar refractivity (Wildman–Crippen MR) is 148 cm³/mol. The largest absolute Gasteiger partial charge is 0.365 e. The van der Waals surface area contributed by atoms with Gasteiger partial charge in [0.25, 0.3) is 0 Å². The van der Waals surface area contributed by atoms with Crippen LogP contribution in [-0.4, -0.2) is 14.0 Å². The number of aromatic nitrogens is 4. The van der Waals surface area contributed by atoms with Crippen molar-refractivity contribution in [2.75, 3.05) is 0 Å². The molecule has 5 aromatic rings. The van der Waals surface area contributed by atoms with Crippen molar-refractivity contribution < 1.29 is 4.57 Å². The number of imidazole rings is 2. The third-order valence-electron chi connectivity index (χ3n) is 9.57. The van der Waals surface area contributed by atoms with Gasteiger partial charge < -0.3 is 0 Å². The van der Waals surface area contributed by atoms with Gasteiger partial charge in [0.15, 0.2) is 11.0 Å². The minimum Gasteiger partial charge on any atom is -0.280 e. The van der Waals surface area contributed by atoms with Gasteiger partial charge in [-0.1, -0.05) is 0 Å². The zero-order chi connectivity index (χ0) is 25.8. The van der Waals surface area contributed by atoms with Crippen LogP contribution in [-0.2, 0) is 7.05 Å². The summed E-state index contributed by atoms with van der Waals surface area (Å²) < 4.78 is 7.26. The Kier molecular flexibility index (Phi) is 5.01. The van der Waals surface area contributed by atoms with Crippen LogP contribution in [0.15, 0.2) is 0 Å². The lowest BCUT2D eigenvalue weighted by Crippen LogP contribution is -2.36. The zero-order valence-electron chi connectivity index (χ0n) is 23.8. The maximum Gasteiger partial charge on any atom is 0.365 e. The van der Waals surface area contributed by atoms with Gasteiger partial charge in [-0.15, -0.1) is 4.98 Å². The Morgan fingerprint density at radius 1 is 0.514 bits per heavy atom. The van der Waals surface area contributed by atoms with E-state index < -0.39 is 0 Å². The fourth-order valence-electron chi connectivity index (χ4n) is 6.12. The van der Waals surface area contributed by atoms with Gasteiger partial charge in [-0.2, -0.15) is 4.57 Å². The minimum atomic E-state index is 1.00. The van der Waals surface area contributed by atoms with Gasteiger partial charge in [0.2, 0.25) is 5.65 Å². The molecule has 5 rings (SSSR count). The molecule has 35 heavy (non-hydrogen) atoms. The van der Waals surface area contributed by atoms with E-state index in [1.165, 1.54) is 89.3 Å². The van der Waals surface area contributed by atoms with Crippen molar-refractivity contribution >= 4 is 28.0 Å². The Labute approximate surface area is 209 Å². The van der Waals surface area contributed by atoms with Crippen LogP contribution in [0.5, 0.6) is 0 Å². The molecule has 4 nitrogen and oxygen atoms in total. The van der Waals surface area contributed by atoms with E-state index >= 15 is 0 Å². The normalized spacial score (nSPS) is 12.1. The maximum absolute atomic E-state index is 5.41. The molecule has 0 aliphatic rings. The molecule has 2 aromatic carbocycles. The summed E-state index contributed by atoms with van der Waals surface area (Å²) in [5.74, 6) is 1.00. The molecule has 0 spiro atoms. The third-order valence-corrected chi connectivity index (χ3v) is 9.57. The highest BCUT2D eigenvalue weighted by Gasteiger charge is 2.33. The first-order chi connectivity index (χ1) is 16.3. The van der Waals surface area contributed by atoms with Crippen molar-refractivity contribution in [2.45, 2.75) is 83.1 Å². The van der Waals surface area contributed by atoms with E-state index in [0.717, 1.165) is 11.3 Å². The average Bonchev–Trinajstić information content (AvgIpc) is 3.37. The maximum atomic E-state index is 5.41. The first kappa shape index (κ1) is 23.6. The fraction of sp³-hybridized carbons (Fsp3) is 0.419. The lowest BCUT2D eigenvalue weighted by Gasteiger charge is -2.18. The van der Waals surface area contributed by atoms with Crippen LogP contribution in [0, 0.1) is 83.1 Å². The SMILES string of the molecule is Cc1c(C)c(C)c(-[n+]2c3c(c(C)c(C)c(C)n3C)n3c4c(C)c(C)c(C)c(C)c4nc32)c(C)c1C. The lowest BCUT2D eigenvalue weighted by molar-refractivity contribution is -0.545. The molecule has 0 saturated heterocycles. The van der Waals surface area contributed by atoms with E-state index in [4.69, 9.17) is 4.98 Å². The molecule has 0 bridgehead atoms. The van der Waals surface area contributed by atoms with Gasteiger partial charge in [-0.25, -0.2) is 4.40 Å². The Morgan fingerprint density at radius 2 is 0.971 bits per heavy atom. The van der Waals surface area contributed by atoms with Crippen LogP contribution in [0.3, 0.4) is 0 Å². The molecule has 0 unspecified atom stereocenters. The van der Waals surface area contributed by atoms with E-state index in [-0.39, 0.29) is 0 Å². The summed E-state index contributed by atoms with van der Waals surface area (Å²) in [5, 5.41) is 0. The molecular weight excluding hydrogens is 428 g/mol. The predicted octanol–water partition coefficient (Wildman–Crippen LogP) is 6.96. The number of aryl methyl sites for hydroxylation is 4. The van der Waals surface area contributed by atoms with Gasteiger partial charge >= 0.3 is 5.78 Å². The Bertz CT molecular complexity index is 1730. The third kappa shape index (κ3) is 2.74. The summed E-state index contributed by atoms with van der Waals surface area (Å²) in [4.78, 5) is 5.41. The summed E-state index contributed by atoms with van der Waals surface area (Å²) in [7, 11) is 2.20. The molecule has 0 atom stereocenters. The van der Waals surface area contributed by atoms with Crippen molar-refractivity contribution in [3.63, 3.8) is 0 Å². The monoisotopic (exact) mass is 467 g/mol. The summed E-state index contributed by atoms with van der Waals surface area (Å²) >= 11 is 0. The van der Waals surface area contributed by atoms with Crippen LogP contribution in [0.25, 0.3) is 33.7 Å². The number of nitrogens with zero attached hydrogens (tertiary/aromatic N) is 4. The first-order valence-electron chi connectivity index (χ1n) is 12.7. The number of fused-ring (bicyclic) bond motifs is 5. The van der Waals surface area contributed by atoms with Crippen LogP contribution in [0.2, 0.25) is 0 Å². The second-order valence-electron chi connectivity index (χ2n) is 10.8. The molecule has 182 valence electrons. The number of hydrogen-bond donors (Lipinski definition) is 0. The van der Waals surface area contributed by atoms with Crippen molar-refractivity contribution in [1.29, 1.82) is 0 Å². The molecule has 0 fully saturated rings. The number of rotatable bonds is 1. The van der Waals surface area contributed by atoms with E-state index in [9.17, 15) is 0 Å². The highest BCUT2D eigenvalue weighted by atomic mass is 15.3. The van der Waals surface area contributed by atoms with Gasteiger partial charge in [0, 0.05) is 7.05 Å². The summed E-state index contributed by atoms with van der Waals surface area (Å²) in [6, 6.07) is 0. The minimum absolute atomic E-state index is 1.00. The molecule has 3 aromatic heterocycles. The van der Waals surface area contributed by atoms with Gasteiger partial charge in [0.1, 0.15) is 11.2 Å². The van der Waals surface area contributed by atoms with Gasteiger partial charge in [-0.05, 0) is 144 Å². The molecule has 0 amide bonds. The highest BCUT2D eigenvalue weighted by Crippen LogP contribution is 2.35. The highest BCUT2D eigenvalue weighted by molar-refractivity contribution is 5.93. The lowest BCUT2D eigenvalue weighted by atomic mass is 9.93. The molecule has 0 saturated carbocycles. The van der Waals surface area contributed by atoms with Crippen molar-refractivity contribution in [3.8, 4) is 5.69 Å². The zero-order valence-corrected chi connectivity index (χ0v) is 23.8. The standard InChI is InChI=1S/C31H39N4/c1-14-16(3)21(8)27(22(9)17(14)4)35-30-29(24(11)19(6)25(12)33(30)13)34-28-23(10)18(5)15(2)20(7)26(28)32-31(34)35/h1-13H3/q+1. The Balaban J connectivity index is 2.21. The van der Waals surface area contributed by atoms with E-state index in [1.807, 2.05) is 0 Å². The smallest absolute Gasteiger partial charge is 0.280 e. The molecule has 0 N–H and O–H groups in total. The summed E-state index contributed by atoms with van der Waals surface area (Å²) in [6.07, 6.45) is 0. The summed E-state index contributed by atoms with van der Waals surface area (Å²) in [6.45, 7) is 27.0. The number of hydrogen-bond acceptors (Lipinski definition) is 1. The van der Waals surface area contributed by atoms with E-state index in [0.29, 0.717) is 0 Å². The second-order valence-corrected chi connectivity index (χ2v) is 10.8. The summed E-state index contributed by atoms with van der Waals surface area (Å²) in [5.41, 5.74) is 22.1. The fourth-order valence-corrected chi connectivity index (χ4v) is 6.12. The Hall–Kier alpha value is -3.14. The van der Waals surface area contributed by atoms with Gasteiger partial charge in [-0.3, -0.25) is 4.57 Å². The van der Waals surface area contributed by atoms with Gasteiger partial charge in [0.05, 0.1) is 5.69 Å². The average molecular weight is 468 g/mol.